The fraction of sp³-hybridized carbons (Fsp3) is 0.889. The lowest BCUT2D eigenvalue weighted by Crippen LogP contribution is -2.52. The Labute approximate surface area is 72.4 Å². The molecule has 2 fully saturated rings. The minimum atomic E-state index is -0.564. The van der Waals surface area contributed by atoms with Crippen LogP contribution >= 0.6 is 0 Å². The fourth-order valence-electron chi connectivity index (χ4n) is 1.97. The van der Waals surface area contributed by atoms with Crippen LogP contribution in [0.25, 0.3) is 0 Å². The van der Waals surface area contributed by atoms with Crippen LogP contribution in [0.1, 0.15) is 26.2 Å². The van der Waals surface area contributed by atoms with E-state index in [-0.39, 0.29) is 11.8 Å². The lowest BCUT2D eigenvalue weighted by atomic mass is 9.71. The summed E-state index contributed by atoms with van der Waals surface area (Å²) >= 11 is 0. The molecule has 1 amide bonds. The second-order valence-corrected chi connectivity index (χ2v) is 4.28. The van der Waals surface area contributed by atoms with Crippen molar-refractivity contribution >= 4 is 5.91 Å². The molecule has 1 heterocycles. The van der Waals surface area contributed by atoms with Crippen molar-refractivity contribution in [3.8, 4) is 0 Å². The van der Waals surface area contributed by atoms with Gasteiger partial charge in [0.05, 0.1) is 5.60 Å². The largest absolute Gasteiger partial charge is 0.390 e. The highest BCUT2D eigenvalue weighted by Gasteiger charge is 2.44. The zero-order chi connectivity index (χ0) is 8.77. The summed E-state index contributed by atoms with van der Waals surface area (Å²) in [5, 5.41) is 9.43. The summed E-state index contributed by atoms with van der Waals surface area (Å²) in [5.41, 5.74) is -0.564. The van der Waals surface area contributed by atoms with Crippen LogP contribution in [0.15, 0.2) is 0 Å². The molecule has 1 saturated carbocycles. The van der Waals surface area contributed by atoms with Crippen LogP contribution in [-0.4, -0.2) is 34.6 Å². The monoisotopic (exact) mass is 169 g/mol. The van der Waals surface area contributed by atoms with Gasteiger partial charge in [-0.05, 0) is 26.2 Å². The lowest BCUT2D eigenvalue weighted by molar-refractivity contribution is -0.153. The third-order valence-electron chi connectivity index (χ3n) is 2.89. The summed E-state index contributed by atoms with van der Waals surface area (Å²) in [7, 11) is 0. The Kier molecular flexibility index (Phi) is 1.65. The second-order valence-electron chi connectivity index (χ2n) is 4.28. The van der Waals surface area contributed by atoms with Crippen molar-refractivity contribution < 1.29 is 9.90 Å². The van der Waals surface area contributed by atoms with E-state index in [4.69, 9.17) is 0 Å². The van der Waals surface area contributed by atoms with Crippen LogP contribution in [0.3, 0.4) is 0 Å². The first kappa shape index (κ1) is 8.05. The van der Waals surface area contributed by atoms with Crippen molar-refractivity contribution in [2.45, 2.75) is 31.8 Å². The van der Waals surface area contributed by atoms with E-state index in [1.54, 1.807) is 6.92 Å². The molecule has 68 valence electrons. The van der Waals surface area contributed by atoms with Gasteiger partial charge < -0.3 is 10.0 Å². The van der Waals surface area contributed by atoms with Crippen molar-refractivity contribution in [2.75, 3.05) is 13.1 Å². The van der Waals surface area contributed by atoms with E-state index in [0.717, 1.165) is 19.5 Å². The van der Waals surface area contributed by atoms with Gasteiger partial charge >= 0.3 is 0 Å². The quantitative estimate of drug-likeness (QED) is 0.616. The molecule has 1 saturated heterocycles. The standard InChI is InChI=1S/C9H15NO2/c1-9(12)5-7(6-9)8(11)10-3-2-4-10/h7,12H,2-6H2,1H3. The topological polar surface area (TPSA) is 40.5 Å². The Morgan fingerprint density at radius 2 is 2.08 bits per heavy atom. The van der Waals surface area contributed by atoms with Crippen molar-refractivity contribution in [1.82, 2.24) is 4.90 Å². The van der Waals surface area contributed by atoms with Crippen LogP contribution in [-0.2, 0) is 4.79 Å². The molecule has 0 unspecified atom stereocenters. The highest BCUT2D eigenvalue weighted by molar-refractivity contribution is 5.80. The van der Waals surface area contributed by atoms with Gasteiger partial charge in [-0.3, -0.25) is 4.79 Å². The molecular formula is C9H15NO2. The Hall–Kier alpha value is -0.570. The smallest absolute Gasteiger partial charge is 0.225 e. The molecule has 0 spiro atoms. The van der Waals surface area contributed by atoms with E-state index in [1.807, 2.05) is 4.90 Å². The summed E-state index contributed by atoms with van der Waals surface area (Å²) < 4.78 is 0. The number of hydrogen-bond acceptors (Lipinski definition) is 2. The first-order chi connectivity index (χ1) is 5.58. The Morgan fingerprint density at radius 3 is 2.42 bits per heavy atom. The average molecular weight is 169 g/mol. The van der Waals surface area contributed by atoms with Gasteiger partial charge in [-0.25, -0.2) is 0 Å². The SMILES string of the molecule is CC1(O)CC(C(=O)N2CCC2)C1. The minimum absolute atomic E-state index is 0.111. The molecule has 3 nitrogen and oxygen atoms in total. The summed E-state index contributed by atoms with van der Waals surface area (Å²) in [6.07, 6.45) is 2.46. The van der Waals surface area contributed by atoms with Gasteiger partial charge in [0, 0.05) is 19.0 Å². The summed E-state index contributed by atoms with van der Waals surface area (Å²) in [4.78, 5) is 13.4. The lowest BCUT2D eigenvalue weighted by Gasteiger charge is -2.44. The normalized spacial score (nSPS) is 40.2. The maximum atomic E-state index is 11.5. The molecule has 0 bridgehead atoms. The minimum Gasteiger partial charge on any atom is -0.390 e. The molecule has 2 aliphatic rings. The summed E-state index contributed by atoms with van der Waals surface area (Å²) in [5.74, 6) is 0.369. The first-order valence-corrected chi connectivity index (χ1v) is 4.60. The van der Waals surface area contributed by atoms with Gasteiger partial charge in [0.25, 0.3) is 0 Å². The maximum Gasteiger partial charge on any atom is 0.225 e. The van der Waals surface area contributed by atoms with Gasteiger partial charge in [0.1, 0.15) is 0 Å². The molecule has 0 aromatic rings. The maximum absolute atomic E-state index is 11.5. The number of carbonyl (C=O) groups excluding carboxylic acids is 1. The highest BCUT2D eigenvalue weighted by atomic mass is 16.3. The van der Waals surface area contributed by atoms with Gasteiger partial charge in [-0.1, -0.05) is 0 Å². The van der Waals surface area contributed by atoms with E-state index in [0.29, 0.717) is 12.8 Å². The molecule has 0 radical (unpaired) electrons. The molecule has 2 rings (SSSR count). The number of amides is 1. The molecule has 3 heteroatoms. The van der Waals surface area contributed by atoms with Crippen molar-refractivity contribution in [2.24, 2.45) is 5.92 Å². The molecule has 0 atom stereocenters. The third-order valence-corrected chi connectivity index (χ3v) is 2.89. The Morgan fingerprint density at radius 1 is 1.50 bits per heavy atom. The van der Waals surface area contributed by atoms with Gasteiger partial charge in [0.15, 0.2) is 0 Å². The second kappa shape index (κ2) is 2.46. The molecule has 1 aliphatic carbocycles. The average Bonchev–Trinajstić information content (AvgIpc) is 1.77. The zero-order valence-corrected chi connectivity index (χ0v) is 7.42. The number of aliphatic hydroxyl groups is 1. The van der Waals surface area contributed by atoms with Gasteiger partial charge in [0.2, 0.25) is 5.91 Å². The van der Waals surface area contributed by atoms with Crippen molar-refractivity contribution in [3.05, 3.63) is 0 Å². The van der Waals surface area contributed by atoms with Crippen molar-refractivity contribution in [1.29, 1.82) is 0 Å². The first-order valence-electron chi connectivity index (χ1n) is 4.60. The third kappa shape index (κ3) is 1.22. The number of rotatable bonds is 1. The van der Waals surface area contributed by atoms with Crippen LogP contribution in [0.2, 0.25) is 0 Å². The van der Waals surface area contributed by atoms with E-state index < -0.39 is 5.60 Å². The molecule has 12 heavy (non-hydrogen) atoms. The van der Waals surface area contributed by atoms with E-state index in [9.17, 15) is 9.90 Å². The Balaban J connectivity index is 1.83. The predicted molar refractivity (Wildman–Crippen MR) is 44.5 cm³/mol. The predicted octanol–water partition coefficient (Wildman–Crippen LogP) is 0.380. The zero-order valence-electron chi connectivity index (χ0n) is 7.42. The van der Waals surface area contributed by atoms with E-state index in [2.05, 4.69) is 0 Å². The highest BCUT2D eigenvalue weighted by Crippen LogP contribution is 2.38. The van der Waals surface area contributed by atoms with Crippen molar-refractivity contribution in [3.63, 3.8) is 0 Å². The van der Waals surface area contributed by atoms with Gasteiger partial charge in [-0.15, -0.1) is 0 Å². The molecule has 1 N–H and O–H groups in total. The molecular weight excluding hydrogens is 154 g/mol. The van der Waals surface area contributed by atoms with E-state index >= 15 is 0 Å². The van der Waals surface area contributed by atoms with E-state index in [1.165, 1.54) is 0 Å². The summed E-state index contributed by atoms with van der Waals surface area (Å²) in [6, 6.07) is 0. The van der Waals surface area contributed by atoms with Gasteiger partial charge in [-0.2, -0.15) is 0 Å². The van der Waals surface area contributed by atoms with Crippen LogP contribution in [0.4, 0.5) is 0 Å². The Bertz CT molecular complexity index is 201. The number of carbonyl (C=O) groups is 1. The van der Waals surface area contributed by atoms with Crippen LogP contribution < -0.4 is 0 Å². The van der Waals surface area contributed by atoms with Crippen LogP contribution in [0, 0.1) is 5.92 Å². The number of nitrogens with zero attached hydrogens (tertiary/aromatic N) is 1. The molecule has 1 aliphatic heterocycles. The van der Waals surface area contributed by atoms with Crippen LogP contribution in [0.5, 0.6) is 0 Å². The molecule has 0 aromatic carbocycles. The summed E-state index contributed by atoms with van der Waals surface area (Å²) in [6.45, 7) is 3.65. The molecule has 0 aromatic heterocycles. The number of hydrogen-bond donors (Lipinski definition) is 1. The fourth-order valence-corrected chi connectivity index (χ4v) is 1.97. The number of likely N-dealkylation sites (tertiary alicyclic amines) is 1.